The number of rotatable bonds is 5. The molecule has 1 aromatic rings. The van der Waals surface area contributed by atoms with Crippen LogP contribution in [0.15, 0.2) is 52.7 Å². The summed E-state index contributed by atoms with van der Waals surface area (Å²) in [7, 11) is 1.80. The monoisotopic (exact) mass is 405 g/mol. The topological polar surface area (TPSA) is 65.2 Å². The number of hydrogen-bond acceptors (Lipinski definition) is 3. The van der Waals surface area contributed by atoms with Crippen molar-refractivity contribution in [3.8, 4) is 0 Å². The van der Waals surface area contributed by atoms with E-state index in [4.69, 9.17) is 17.3 Å². The number of aliphatic imine (C=N–C) groups is 1. The van der Waals surface area contributed by atoms with Crippen molar-refractivity contribution >= 4 is 37.0 Å². The number of amidine groups is 1. The molecular weight excluding hydrogens is 380 g/mol. The van der Waals surface area contributed by atoms with Gasteiger partial charge in [-0.3, -0.25) is 9.91 Å². The van der Waals surface area contributed by atoms with Gasteiger partial charge in [-0.05, 0) is 41.4 Å². The number of hydrogen-bond donors (Lipinski definition) is 1. The molecule has 2 rings (SSSR count). The number of nitrogens with two attached hydrogens (primary N) is 1. The van der Waals surface area contributed by atoms with Gasteiger partial charge in [0, 0.05) is 18.8 Å². The third-order valence-corrected chi connectivity index (χ3v) is 4.20. The average Bonchev–Trinajstić information content (AvgIpc) is 2.98. The first kappa shape index (κ1) is 21.8. The lowest BCUT2D eigenvalue weighted by Crippen LogP contribution is -2.52. The van der Waals surface area contributed by atoms with Crippen LogP contribution in [0.3, 0.4) is 0 Å². The molecule has 1 aliphatic heterocycles. The number of hydrazine groups is 1. The molecule has 1 saturated heterocycles. The predicted octanol–water partition coefficient (Wildman–Crippen LogP) is 2.87. The predicted molar refractivity (Wildman–Crippen MR) is 115 cm³/mol. The average molecular weight is 406 g/mol. The highest BCUT2D eigenvalue weighted by atomic mass is 35.5. The summed E-state index contributed by atoms with van der Waals surface area (Å²) in [6.45, 7) is 11.2. The fourth-order valence-electron chi connectivity index (χ4n) is 2.87. The normalized spacial score (nSPS) is 16.0. The van der Waals surface area contributed by atoms with Crippen LogP contribution in [0, 0.1) is 11.2 Å². The molecule has 0 saturated carbocycles. The molecule has 1 aromatic carbocycles. The van der Waals surface area contributed by atoms with E-state index in [9.17, 15) is 9.18 Å². The number of carbonyl (C=O) groups is 1. The molecule has 0 spiro atoms. The maximum atomic E-state index is 13.2. The summed E-state index contributed by atoms with van der Waals surface area (Å²) in [5.41, 5.74) is 6.88. The van der Waals surface area contributed by atoms with E-state index in [1.807, 2.05) is 0 Å². The molecule has 1 aliphatic rings. The van der Waals surface area contributed by atoms with E-state index in [0.717, 1.165) is 0 Å². The van der Waals surface area contributed by atoms with Crippen molar-refractivity contribution in [2.24, 2.45) is 16.1 Å². The summed E-state index contributed by atoms with van der Waals surface area (Å²) in [6, 6.07) is 5.62. The van der Waals surface area contributed by atoms with Crippen molar-refractivity contribution in [1.29, 1.82) is 0 Å². The third-order valence-electron chi connectivity index (χ3n) is 4.12. The summed E-state index contributed by atoms with van der Waals surface area (Å²) in [5, 5.41) is 3.50. The van der Waals surface area contributed by atoms with E-state index in [-0.39, 0.29) is 22.4 Å². The van der Waals surface area contributed by atoms with E-state index >= 15 is 0 Å². The highest BCUT2D eigenvalue weighted by Crippen LogP contribution is 2.26. The van der Waals surface area contributed by atoms with Crippen LogP contribution >= 0.6 is 11.6 Å². The Labute approximate surface area is 171 Å². The van der Waals surface area contributed by atoms with Crippen molar-refractivity contribution in [2.75, 3.05) is 24.5 Å². The lowest BCUT2D eigenvalue weighted by atomic mass is 9.92. The van der Waals surface area contributed by atoms with E-state index in [1.54, 1.807) is 34.9 Å². The smallest absolute Gasteiger partial charge is 0.343 e. The Morgan fingerprint density at radius 2 is 2.00 bits per heavy atom. The van der Waals surface area contributed by atoms with Gasteiger partial charge < -0.3 is 5.73 Å². The number of anilines is 1. The second-order valence-corrected chi connectivity index (χ2v) is 8.25. The van der Waals surface area contributed by atoms with Gasteiger partial charge in [0.15, 0.2) is 0 Å². The highest BCUT2D eigenvalue weighted by Gasteiger charge is 2.37. The highest BCUT2D eigenvalue weighted by molar-refractivity contribution is 6.38. The molecule has 6 nitrogen and oxygen atoms in total. The van der Waals surface area contributed by atoms with Crippen molar-refractivity contribution < 1.29 is 9.18 Å². The van der Waals surface area contributed by atoms with Gasteiger partial charge in [0.1, 0.15) is 24.7 Å². The molecule has 0 atom stereocenters. The van der Waals surface area contributed by atoms with E-state index in [1.165, 1.54) is 18.3 Å². The zero-order chi connectivity index (χ0) is 21.1. The second kappa shape index (κ2) is 8.69. The molecule has 150 valence electrons. The SMILES string of the molecule is BC(=C/N)/C(=N\C(=C)Cl)N(CC(C)(C)C)N1CCN(c2ccc(F)cc2)C1=O. The summed E-state index contributed by atoms with van der Waals surface area (Å²) < 4.78 is 13.2. The quantitative estimate of drug-likeness (QED) is 0.354. The largest absolute Gasteiger partial charge is 0.405 e. The summed E-state index contributed by atoms with van der Waals surface area (Å²) >= 11 is 5.95. The Bertz CT molecular complexity index is 804. The molecule has 28 heavy (non-hydrogen) atoms. The first-order valence-electron chi connectivity index (χ1n) is 8.97. The van der Waals surface area contributed by atoms with Crippen molar-refractivity contribution in [3.63, 3.8) is 0 Å². The van der Waals surface area contributed by atoms with Gasteiger partial charge >= 0.3 is 6.03 Å². The van der Waals surface area contributed by atoms with Gasteiger partial charge in [-0.1, -0.05) is 39.0 Å². The molecule has 1 heterocycles. The van der Waals surface area contributed by atoms with Gasteiger partial charge in [0.25, 0.3) is 0 Å². The van der Waals surface area contributed by atoms with E-state index in [2.05, 4.69) is 32.3 Å². The third kappa shape index (κ3) is 5.28. The molecule has 0 radical (unpaired) electrons. The van der Waals surface area contributed by atoms with Crippen LogP contribution in [0.4, 0.5) is 14.9 Å². The van der Waals surface area contributed by atoms with Crippen molar-refractivity contribution in [2.45, 2.75) is 20.8 Å². The minimum Gasteiger partial charge on any atom is -0.405 e. The molecule has 0 bridgehead atoms. The lowest BCUT2D eigenvalue weighted by Gasteiger charge is -2.38. The molecule has 0 aliphatic carbocycles. The molecule has 9 heteroatoms. The van der Waals surface area contributed by atoms with Gasteiger partial charge in [0.2, 0.25) is 0 Å². The standard InChI is InChI=1S/C19H26BClFN5O/c1-13(21)24-17(16(20)11-23)27(12-19(2,3)4)26-10-9-25(18(26)28)15-7-5-14(22)6-8-15/h5-8,11H,1,9-10,12,20,23H2,2-4H3/b16-11+,24-17+. The van der Waals surface area contributed by atoms with Crippen LogP contribution in [0.1, 0.15) is 20.8 Å². The number of benzene rings is 1. The lowest BCUT2D eigenvalue weighted by molar-refractivity contribution is 0.0746. The molecule has 1 fully saturated rings. The van der Waals surface area contributed by atoms with Gasteiger partial charge in [-0.25, -0.2) is 19.2 Å². The van der Waals surface area contributed by atoms with Gasteiger partial charge in [0.05, 0.1) is 6.54 Å². The van der Waals surface area contributed by atoms with Crippen LogP contribution in [0.2, 0.25) is 0 Å². The van der Waals surface area contributed by atoms with Crippen molar-refractivity contribution in [1.82, 2.24) is 10.0 Å². The fourth-order valence-corrected chi connectivity index (χ4v) is 2.95. The molecule has 0 unspecified atom stereocenters. The fraction of sp³-hybridized carbons (Fsp3) is 0.368. The number of halogens is 2. The maximum Gasteiger partial charge on any atom is 0.343 e. The minimum atomic E-state index is -0.347. The Morgan fingerprint density at radius 3 is 2.50 bits per heavy atom. The Balaban J connectivity index is 2.42. The second-order valence-electron chi connectivity index (χ2n) is 7.81. The molecule has 2 amide bonds. The van der Waals surface area contributed by atoms with Crippen LogP contribution in [0.25, 0.3) is 0 Å². The number of urea groups is 1. The summed E-state index contributed by atoms with van der Waals surface area (Å²) in [6.07, 6.45) is 1.42. The minimum absolute atomic E-state index is 0.0946. The van der Waals surface area contributed by atoms with Crippen molar-refractivity contribution in [3.05, 3.63) is 53.5 Å². The van der Waals surface area contributed by atoms with Crippen LogP contribution in [0.5, 0.6) is 0 Å². The molecule has 2 N–H and O–H groups in total. The first-order valence-corrected chi connectivity index (χ1v) is 9.35. The van der Waals surface area contributed by atoms with Crippen LogP contribution in [-0.4, -0.2) is 49.4 Å². The Hall–Kier alpha value is -2.48. The van der Waals surface area contributed by atoms with E-state index < -0.39 is 0 Å². The van der Waals surface area contributed by atoms with Gasteiger partial charge in [-0.2, -0.15) is 0 Å². The first-order chi connectivity index (χ1) is 13.0. The maximum absolute atomic E-state index is 13.2. The zero-order valence-corrected chi connectivity index (χ0v) is 17.5. The summed E-state index contributed by atoms with van der Waals surface area (Å²) in [5.74, 6) is 0.118. The Kier molecular flexibility index (Phi) is 6.77. The zero-order valence-electron chi connectivity index (χ0n) is 16.7. The van der Waals surface area contributed by atoms with E-state index in [0.29, 0.717) is 36.6 Å². The van der Waals surface area contributed by atoms with Gasteiger partial charge in [-0.15, -0.1) is 0 Å². The van der Waals surface area contributed by atoms with Crippen LogP contribution < -0.4 is 10.6 Å². The van der Waals surface area contributed by atoms with Crippen LogP contribution in [-0.2, 0) is 0 Å². The number of carbonyl (C=O) groups excluding carboxylic acids is 1. The number of nitrogens with zero attached hydrogens (tertiary/aromatic N) is 4. The molecule has 0 aromatic heterocycles. The summed E-state index contributed by atoms with van der Waals surface area (Å²) in [4.78, 5) is 19.1. The molecular formula is C19H26BClFN5O. The number of amides is 2. The Morgan fingerprint density at radius 1 is 1.39 bits per heavy atom.